The molecule has 1 amide bonds. The minimum absolute atomic E-state index is 0.127. The van der Waals surface area contributed by atoms with Crippen LogP contribution in [0.25, 0.3) is 6.08 Å². The largest absolute Gasteiger partial charge is 0.317 e. The van der Waals surface area contributed by atoms with E-state index in [9.17, 15) is 4.79 Å². The van der Waals surface area contributed by atoms with Crippen LogP contribution in [0.3, 0.4) is 0 Å². The van der Waals surface area contributed by atoms with Crippen LogP contribution in [0.2, 0.25) is 5.02 Å². The summed E-state index contributed by atoms with van der Waals surface area (Å²) < 4.78 is 0. The summed E-state index contributed by atoms with van der Waals surface area (Å²) in [6.07, 6.45) is 1.86. The van der Waals surface area contributed by atoms with Gasteiger partial charge in [-0.3, -0.25) is 9.69 Å². The van der Waals surface area contributed by atoms with E-state index in [0.29, 0.717) is 15.8 Å². The number of likely N-dealkylation sites (N-methyl/N-ethyl adjacent to an activating group) is 1. The number of hydrogen-bond donors (Lipinski definition) is 0. The highest BCUT2D eigenvalue weighted by atomic mass is 35.5. The molecule has 0 bridgehead atoms. The van der Waals surface area contributed by atoms with Gasteiger partial charge in [0.1, 0.15) is 5.70 Å². The van der Waals surface area contributed by atoms with Crippen LogP contribution in [0.5, 0.6) is 0 Å². The van der Waals surface area contributed by atoms with Crippen molar-refractivity contribution in [2.24, 2.45) is 0 Å². The Hall–Kier alpha value is -1.69. The van der Waals surface area contributed by atoms with E-state index in [1.807, 2.05) is 23.6 Å². The fourth-order valence-corrected chi connectivity index (χ4v) is 3.15. The molecular formula is C15H11ClN2OS2. The van der Waals surface area contributed by atoms with Gasteiger partial charge in [-0.25, -0.2) is 0 Å². The van der Waals surface area contributed by atoms with E-state index < -0.39 is 0 Å². The number of rotatable bonds is 2. The molecule has 0 radical (unpaired) electrons. The normalized spacial score (nSPS) is 17.1. The number of benzene rings is 1. The van der Waals surface area contributed by atoms with E-state index in [4.69, 9.17) is 23.8 Å². The molecule has 1 aromatic carbocycles. The lowest BCUT2D eigenvalue weighted by Gasteiger charge is -2.16. The summed E-state index contributed by atoms with van der Waals surface area (Å²) in [5.41, 5.74) is 1.29. The fraction of sp³-hybridized carbons (Fsp3) is 0.0667. The van der Waals surface area contributed by atoms with Gasteiger partial charge in [0.25, 0.3) is 5.91 Å². The molecular weight excluding hydrogens is 324 g/mol. The van der Waals surface area contributed by atoms with E-state index in [-0.39, 0.29) is 5.91 Å². The minimum Gasteiger partial charge on any atom is -0.317 e. The summed E-state index contributed by atoms with van der Waals surface area (Å²) in [5.74, 6) is -0.127. The Morgan fingerprint density at radius 3 is 2.57 bits per heavy atom. The van der Waals surface area contributed by atoms with Crippen LogP contribution < -0.4 is 4.90 Å². The lowest BCUT2D eigenvalue weighted by atomic mass is 10.3. The van der Waals surface area contributed by atoms with Crippen LogP contribution in [0.4, 0.5) is 5.69 Å². The van der Waals surface area contributed by atoms with Crippen molar-refractivity contribution in [2.75, 3.05) is 11.9 Å². The van der Waals surface area contributed by atoms with Gasteiger partial charge >= 0.3 is 0 Å². The number of thiophene rings is 1. The highest BCUT2D eigenvalue weighted by Gasteiger charge is 2.36. The van der Waals surface area contributed by atoms with Crippen molar-refractivity contribution >= 4 is 57.9 Å². The summed E-state index contributed by atoms with van der Waals surface area (Å²) in [6.45, 7) is 0. The second kappa shape index (κ2) is 5.60. The number of nitrogens with zero attached hydrogens (tertiary/aromatic N) is 2. The van der Waals surface area contributed by atoms with Crippen LogP contribution >= 0.6 is 35.2 Å². The zero-order valence-corrected chi connectivity index (χ0v) is 13.5. The van der Waals surface area contributed by atoms with Crippen LogP contribution in [0.15, 0.2) is 47.5 Å². The molecule has 1 fully saturated rings. The number of amides is 1. The Morgan fingerprint density at radius 2 is 1.95 bits per heavy atom. The molecule has 3 rings (SSSR count). The number of thiocarbonyl (C=S) groups is 1. The molecule has 6 heteroatoms. The predicted molar refractivity (Wildman–Crippen MR) is 91.6 cm³/mol. The van der Waals surface area contributed by atoms with Gasteiger partial charge in [0, 0.05) is 16.9 Å². The second-order valence-electron chi connectivity index (χ2n) is 4.50. The fourth-order valence-electron chi connectivity index (χ4n) is 2.08. The van der Waals surface area contributed by atoms with E-state index in [2.05, 4.69) is 0 Å². The summed E-state index contributed by atoms with van der Waals surface area (Å²) in [6, 6.07) is 11.0. The van der Waals surface area contributed by atoms with Crippen LogP contribution in [0, 0.1) is 0 Å². The van der Waals surface area contributed by atoms with Crippen molar-refractivity contribution in [3.05, 3.63) is 57.4 Å². The van der Waals surface area contributed by atoms with Gasteiger partial charge in [0.05, 0.1) is 5.69 Å². The molecule has 2 heterocycles. The SMILES string of the molecule is CN1C(=S)N(c2ccc(Cl)cc2)C(=O)/C1=C/c1cccs1. The molecule has 0 N–H and O–H groups in total. The number of carbonyl (C=O) groups is 1. The predicted octanol–water partition coefficient (Wildman–Crippen LogP) is 4.01. The number of halogens is 1. The summed E-state index contributed by atoms with van der Waals surface area (Å²) in [5, 5.41) is 3.06. The maximum absolute atomic E-state index is 12.6. The van der Waals surface area contributed by atoms with Gasteiger partial charge in [0.15, 0.2) is 5.11 Å². The van der Waals surface area contributed by atoms with Crippen molar-refractivity contribution < 1.29 is 4.79 Å². The van der Waals surface area contributed by atoms with Crippen molar-refractivity contribution in [1.29, 1.82) is 0 Å². The lowest BCUT2D eigenvalue weighted by Crippen LogP contribution is -2.31. The van der Waals surface area contributed by atoms with E-state index in [1.54, 1.807) is 47.5 Å². The van der Waals surface area contributed by atoms with Crippen molar-refractivity contribution in [1.82, 2.24) is 4.90 Å². The molecule has 2 aromatic rings. The molecule has 0 saturated carbocycles. The molecule has 1 aliphatic heterocycles. The number of carbonyl (C=O) groups excluding carboxylic acids is 1. The quantitative estimate of drug-likeness (QED) is 0.612. The highest BCUT2D eigenvalue weighted by molar-refractivity contribution is 7.80. The summed E-state index contributed by atoms with van der Waals surface area (Å²) in [7, 11) is 1.80. The smallest absolute Gasteiger partial charge is 0.281 e. The van der Waals surface area contributed by atoms with Crippen LogP contribution in [0.1, 0.15) is 4.88 Å². The standard InChI is InChI=1S/C15H11ClN2OS2/c1-17-13(9-12-3-2-8-21-12)14(19)18(15(17)20)11-6-4-10(16)5-7-11/h2-9H,1H3/b13-9-. The van der Waals surface area contributed by atoms with Gasteiger partial charge < -0.3 is 4.90 Å². The molecule has 0 aliphatic carbocycles. The molecule has 21 heavy (non-hydrogen) atoms. The zero-order chi connectivity index (χ0) is 15.0. The maximum atomic E-state index is 12.6. The first kappa shape index (κ1) is 14.3. The molecule has 106 valence electrons. The molecule has 1 saturated heterocycles. The topological polar surface area (TPSA) is 23.6 Å². The second-order valence-corrected chi connectivity index (χ2v) is 6.28. The average molecular weight is 335 g/mol. The Kier molecular flexibility index (Phi) is 3.80. The van der Waals surface area contributed by atoms with Gasteiger partial charge in [0.2, 0.25) is 0 Å². The molecule has 1 aliphatic rings. The molecule has 3 nitrogen and oxygen atoms in total. The third-order valence-corrected chi connectivity index (χ3v) is 4.70. The minimum atomic E-state index is -0.127. The van der Waals surface area contributed by atoms with Crippen molar-refractivity contribution in [2.45, 2.75) is 0 Å². The molecule has 0 unspecified atom stereocenters. The lowest BCUT2D eigenvalue weighted by molar-refractivity contribution is -0.114. The average Bonchev–Trinajstić information content (AvgIpc) is 3.05. The van der Waals surface area contributed by atoms with Gasteiger partial charge in [-0.05, 0) is 54.0 Å². The van der Waals surface area contributed by atoms with Crippen LogP contribution in [-0.4, -0.2) is 23.0 Å². The van der Waals surface area contributed by atoms with Gasteiger partial charge in [-0.1, -0.05) is 17.7 Å². The Labute approximate surface area is 137 Å². The van der Waals surface area contributed by atoms with Crippen molar-refractivity contribution in [3.8, 4) is 0 Å². The van der Waals surface area contributed by atoms with Gasteiger partial charge in [-0.15, -0.1) is 11.3 Å². The maximum Gasteiger partial charge on any atom is 0.281 e. The summed E-state index contributed by atoms with van der Waals surface area (Å²) in [4.78, 5) is 16.9. The van der Waals surface area contributed by atoms with Crippen LogP contribution in [-0.2, 0) is 4.79 Å². The Balaban J connectivity index is 1.99. The first-order chi connectivity index (χ1) is 10.1. The first-order valence-corrected chi connectivity index (χ1v) is 7.87. The first-order valence-electron chi connectivity index (χ1n) is 6.21. The molecule has 0 atom stereocenters. The Bertz CT molecular complexity index is 723. The third kappa shape index (κ3) is 2.60. The third-order valence-electron chi connectivity index (χ3n) is 3.17. The highest BCUT2D eigenvalue weighted by Crippen LogP contribution is 2.29. The summed E-state index contributed by atoms with van der Waals surface area (Å²) >= 11 is 12.9. The van der Waals surface area contributed by atoms with E-state index >= 15 is 0 Å². The van der Waals surface area contributed by atoms with E-state index in [1.165, 1.54) is 4.90 Å². The Morgan fingerprint density at radius 1 is 1.24 bits per heavy atom. The number of anilines is 1. The zero-order valence-electron chi connectivity index (χ0n) is 11.1. The van der Waals surface area contributed by atoms with Gasteiger partial charge in [-0.2, -0.15) is 0 Å². The van der Waals surface area contributed by atoms with E-state index in [0.717, 1.165) is 10.6 Å². The monoisotopic (exact) mass is 334 g/mol. The van der Waals surface area contributed by atoms with Crippen molar-refractivity contribution in [3.63, 3.8) is 0 Å². The number of hydrogen-bond acceptors (Lipinski definition) is 3. The molecule has 0 spiro atoms. The molecule has 1 aromatic heterocycles.